The van der Waals surface area contributed by atoms with Gasteiger partial charge in [-0.3, -0.25) is 4.79 Å². The SMILES string of the molecule is C=C(NC(C)Cc1ccc(-c2c(CCC)c3ccccc3n(C)c2=O)cc1)c1c(Cl)cccc1CC. The quantitative estimate of drug-likeness (QED) is 0.258. The van der Waals surface area contributed by atoms with E-state index in [2.05, 4.69) is 69.1 Å². The first-order valence-electron chi connectivity index (χ1n) is 12.8. The van der Waals surface area contributed by atoms with Crippen LogP contribution >= 0.6 is 11.6 Å². The highest BCUT2D eigenvalue weighted by molar-refractivity contribution is 6.32. The molecule has 0 radical (unpaired) electrons. The lowest BCUT2D eigenvalue weighted by atomic mass is 9.93. The number of nitrogens with one attached hydrogen (secondary N) is 1. The van der Waals surface area contributed by atoms with Crippen LogP contribution in [0.15, 0.2) is 78.1 Å². The predicted octanol–water partition coefficient (Wildman–Crippen LogP) is 7.57. The van der Waals surface area contributed by atoms with Gasteiger partial charge in [0, 0.05) is 29.7 Å². The number of benzene rings is 3. The van der Waals surface area contributed by atoms with Crippen LogP contribution in [0.2, 0.25) is 5.02 Å². The molecule has 1 aromatic heterocycles. The largest absolute Gasteiger partial charge is 0.382 e. The number of rotatable bonds is 9. The summed E-state index contributed by atoms with van der Waals surface area (Å²) in [6.07, 6.45) is 3.60. The Morgan fingerprint density at radius 1 is 1.03 bits per heavy atom. The number of aryl methyl sites for hydroxylation is 3. The van der Waals surface area contributed by atoms with E-state index in [4.69, 9.17) is 11.6 Å². The molecule has 0 aliphatic carbocycles. The fourth-order valence-electron chi connectivity index (χ4n) is 5.15. The molecule has 4 aromatic rings. The molecule has 0 spiro atoms. The van der Waals surface area contributed by atoms with Crippen molar-refractivity contribution < 1.29 is 0 Å². The molecule has 0 fully saturated rings. The van der Waals surface area contributed by atoms with Crippen molar-refractivity contribution in [2.45, 2.75) is 52.5 Å². The number of halogens is 1. The molecule has 0 amide bonds. The number of pyridine rings is 1. The standard InChI is InChI=1S/C32H35ClN2O/c1-6-11-27-26-13-8-9-15-29(26)35(5)32(36)31(27)25-18-16-23(17-19-25)20-21(3)34-22(4)30-24(7-2)12-10-14-28(30)33/h8-10,12-19,21,34H,4,6-7,11,20H2,1-3,5H3. The van der Waals surface area contributed by atoms with Gasteiger partial charge in [0.15, 0.2) is 0 Å². The Labute approximate surface area is 219 Å². The van der Waals surface area contributed by atoms with Crippen molar-refractivity contribution in [2.24, 2.45) is 7.05 Å². The minimum atomic E-state index is 0.0581. The monoisotopic (exact) mass is 498 g/mol. The summed E-state index contributed by atoms with van der Waals surface area (Å²) >= 11 is 6.49. The molecule has 4 heteroatoms. The van der Waals surface area contributed by atoms with Gasteiger partial charge >= 0.3 is 0 Å². The van der Waals surface area contributed by atoms with Crippen molar-refractivity contribution in [3.05, 3.63) is 111 Å². The molecule has 1 atom stereocenters. The third-order valence-corrected chi connectivity index (χ3v) is 7.21. The van der Waals surface area contributed by atoms with Crippen molar-refractivity contribution in [1.29, 1.82) is 0 Å². The van der Waals surface area contributed by atoms with Crippen LogP contribution in [0, 0.1) is 0 Å². The first-order chi connectivity index (χ1) is 17.3. The molecule has 0 saturated carbocycles. The van der Waals surface area contributed by atoms with E-state index < -0.39 is 0 Å². The average Bonchev–Trinajstić information content (AvgIpc) is 2.87. The zero-order valence-electron chi connectivity index (χ0n) is 21.7. The molecule has 4 rings (SSSR count). The molecule has 0 aliphatic heterocycles. The van der Waals surface area contributed by atoms with E-state index in [1.807, 2.05) is 37.4 Å². The van der Waals surface area contributed by atoms with Crippen LogP contribution in [-0.4, -0.2) is 10.6 Å². The third-order valence-electron chi connectivity index (χ3n) is 6.90. The highest BCUT2D eigenvalue weighted by Crippen LogP contribution is 2.29. The highest BCUT2D eigenvalue weighted by Gasteiger charge is 2.17. The Bertz CT molecular complexity index is 1450. The van der Waals surface area contributed by atoms with E-state index in [0.717, 1.165) is 69.6 Å². The van der Waals surface area contributed by atoms with Crippen LogP contribution in [0.1, 0.15) is 49.4 Å². The second kappa shape index (κ2) is 11.2. The molecule has 186 valence electrons. The van der Waals surface area contributed by atoms with Crippen molar-refractivity contribution >= 4 is 28.2 Å². The maximum Gasteiger partial charge on any atom is 0.258 e. The number of para-hydroxylation sites is 1. The second-order valence-electron chi connectivity index (χ2n) is 9.54. The van der Waals surface area contributed by atoms with E-state index in [1.54, 1.807) is 4.57 Å². The lowest BCUT2D eigenvalue weighted by Crippen LogP contribution is -2.26. The van der Waals surface area contributed by atoms with E-state index in [0.29, 0.717) is 0 Å². The Hall–Kier alpha value is -3.30. The number of nitrogens with zero attached hydrogens (tertiary/aromatic N) is 1. The van der Waals surface area contributed by atoms with Gasteiger partial charge < -0.3 is 9.88 Å². The van der Waals surface area contributed by atoms with Crippen LogP contribution < -0.4 is 10.9 Å². The molecule has 0 aliphatic rings. The van der Waals surface area contributed by atoms with Gasteiger partial charge in [-0.25, -0.2) is 0 Å². The lowest BCUT2D eigenvalue weighted by molar-refractivity contribution is 0.648. The molecular formula is C32H35ClN2O. The average molecular weight is 499 g/mol. The summed E-state index contributed by atoms with van der Waals surface area (Å²) in [7, 11) is 1.86. The minimum Gasteiger partial charge on any atom is -0.382 e. The first-order valence-corrected chi connectivity index (χ1v) is 13.2. The second-order valence-corrected chi connectivity index (χ2v) is 9.94. The molecule has 3 aromatic carbocycles. The number of aromatic nitrogens is 1. The summed E-state index contributed by atoms with van der Waals surface area (Å²) in [4.78, 5) is 13.4. The molecule has 3 nitrogen and oxygen atoms in total. The normalized spacial score (nSPS) is 12.0. The van der Waals surface area contributed by atoms with E-state index in [9.17, 15) is 4.79 Å². The van der Waals surface area contributed by atoms with Crippen LogP contribution in [-0.2, 0) is 26.3 Å². The van der Waals surface area contributed by atoms with Gasteiger partial charge in [0.05, 0.1) is 16.1 Å². The number of fused-ring (bicyclic) bond motifs is 1. The lowest BCUT2D eigenvalue weighted by Gasteiger charge is -2.20. The minimum absolute atomic E-state index is 0.0581. The summed E-state index contributed by atoms with van der Waals surface area (Å²) in [5, 5.41) is 5.42. The molecule has 0 saturated heterocycles. The van der Waals surface area contributed by atoms with Crippen LogP contribution in [0.3, 0.4) is 0 Å². The van der Waals surface area contributed by atoms with Gasteiger partial charge in [0.1, 0.15) is 0 Å². The Morgan fingerprint density at radius 2 is 1.75 bits per heavy atom. The number of hydrogen-bond donors (Lipinski definition) is 1. The maximum absolute atomic E-state index is 13.4. The molecule has 1 heterocycles. The molecule has 36 heavy (non-hydrogen) atoms. The van der Waals surface area contributed by atoms with E-state index in [-0.39, 0.29) is 11.6 Å². The van der Waals surface area contributed by atoms with E-state index in [1.165, 1.54) is 11.1 Å². The third kappa shape index (κ3) is 5.12. The summed E-state index contributed by atoms with van der Waals surface area (Å²) in [6, 6.07) is 22.8. The highest BCUT2D eigenvalue weighted by atomic mass is 35.5. The Morgan fingerprint density at radius 3 is 2.44 bits per heavy atom. The fourth-order valence-corrected chi connectivity index (χ4v) is 5.46. The van der Waals surface area contributed by atoms with Crippen molar-refractivity contribution in [3.63, 3.8) is 0 Å². The van der Waals surface area contributed by atoms with Crippen LogP contribution in [0.4, 0.5) is 0 Å². The van der Waals surface area contributed by atoms with Crippen LogP contribution in [0.25, 0.3) is 27.7 Å². The van der Waals surface area contributed by atoms with Crippen LogP contribution in [0.5, 0.6) is 0 Å². The summed E-state index contributed by atoms with van der Waals surface area (Å²) in [5.74, 6) is 0. The Balaban J connectivity index is 1.58. The first kappa shape index (κ1) is 25.8. The zero-order valence-corrected chi connectivity index (χ0v) is 22.5. The molecule has 1 unspecified atom stereocenters. The van der Waals surface area contributed by atoms with Gasteiger partial charge in [-0.2, -0.15) is 0 Å². The molecule has 1 N–H and O–H groups in total. The van der Waals surface area contributed by atoms with Gasteiger partial charge in [-0.15, -0.1) is 0 Å². The van der Waals surface area contributed by atoms with E-state index >= 15 is 0 Å². The topological polar surface area (TPSA) is 34.0 Å². The molecule has 0 bridgehead atoms. The molecular weight excluding hydrogens is 464 g/mol. The van der Waals surface area contributed by atoms with Crippen molar-refractivity contribution in [1.82, 2.24) is 9.88 Å². The smallest absolute Gasteiger partial charge is 0.258 e. The zero-order chi connectivity index (χ0) is 25.8. The summed E-state index contributed by atoms with van der Waals surface area (Å²) in [6.45, 7) is 10.7. The van der Waals surface area contributed by atoms with Crippen molar-refractivity contribution in [2.75, 3.05) is 0 Å². The van der Waals surface area contributed by atoms with Gasteiger partial charge in [0.25, 0.3) is 5.56 Å². The van der Waals surface area contributed by atoms with Gasteiger partial charge in [0.2, 0.25) is 0 Å². The van der Waals surface area contributed by atoms with Gasteiger partial charge in [-0.05, 0) is 60.6 Å². The Kier molecular flexibility index (Phi) is 8.01. The number of hydrogen-bond acceptors (Lipinski definition) is 2. The predicted molar refractivity (Wildman–Crippen MR) is 155 cm³/mol. The fraction of sp³-hybridized carbons (Fsp3) is 0.281. The van der Waals surface area contributed by atoms with Gasteiger partial charge in [-0.1, -0.05) is 93.0 Å². The summed E-state index contributed by atoms with van der Waals surface area (Å²) < 4.78 is 1.77. The summed E-state index contributed by atoms with van der Waals surface area (Å²) in [5.41, 5.74) is 8.22. The van der Waals surface area contributed by atoms with Crippen molar-refractivity contribution in [3.8, 4) is 11.1 Å². The maximum atomic E-state index is 13.4.